The summed E-state index contributed by atoms with van der Waals surface area (Å²) in [7, 11) is 1.28. The lowest BCUT2D eigenvalue weighted by Gasteiger charge is -2.18. The number of esters is 1. The standard InChI is InChI=1S/C15H14N2O4S/c1-20-14(19)12(10-6-3-2-4-7-10)16-15(22)17-13(18)11-8-5-9-21-11/h2-9,12H,1H3,(H2,16,17,18,22). The van der Waals surface area contributed by atoms with Gasteiger partial charge in [0, 0.05) is 0 Å². The average Bonchev–Trinajstić information content (AvgIpc) is 3.07. The predicted octanol–water partition coefficient (Wildman–Crippen LogP) is 1.80. The number of benzene rings is 1. The maximum atomic E-state index is 11.9. The molecule has 0 aliphatic carbocycles. The van der Waals surface area contributed by atoms with E-state index >= 15 is 0 Å². The summed E-state index contributed by atoms with van der Waals surface area (Å²) in [5.74, 6) is -0.890. The van der Waals surface area contributed by atoms with Crippen LogP contribution in [0.2, 0.25) is 0 Å². The van der Waals surface area contributed by atoms with Crippen LogP contribution in [0.1, 0.15) is 22.2 Å². The quantitative estimate of drug-likeness (QED) is 0.661. The minimum atomic E-state index is -0.810. The third-order valence-corrected chi connectivity index (χ3v) is 3.04. The van der Waals surface area contributed by atoms with Crippen molar-refractivity contribution >= 4 is 29.2 Å². The summed E-state index contributed by atoms with van der Waals surface area (Å²) in [4.78, 5) is 23.7. The second kappa shape index (κ2) is 7.37. The summed E-state index contributed by atoms with van der Waals surface area (Å²) in [5.41, 5.74) is 0.670. The Morgan fingerprint density at radius 2 is 1.91 bits per heavy atom. The normalized spacial score (nSPS) is 11.3. The second-order valence-electron chi connectivity index (χ2n) is 4.27. The van der Waals surface area contributed by atoms with E-state index in [9.17, 15) is 9.59 Å². The molecule has 0 aliphatic heterocycles. The molecule has 2 aromatic rings. The van der Waals surface area contributed by atoms with Gasteiger partial charge in [-0.2, -0.15) is 0 Å². The third-order valence-electron chi connectivity index (χ3n) is 2.82. The molecular weight excluding hydrogens is 304 g/mol. The van der Waals surface area contributed by atoms with Crippen molar-refractivity contribution in [3.63, 3.8) is 0 Å². The van der Waals surface area contributed by atoms with E-state index in [2.05, 4.69) is 10.6 Å². The maximum Gasteiger partial charge on any atom is 0.333 e. The van der Waals surface area contributed by atoms with Gasteiger partial charge in [-0.15, -0.1) is 0 Å². The van der Waals surface area contributed by atoms with Gasteiger partial charge in [0.15, 0.2) is 16.9 Å². The lowest BCUT2D eigenvalue weighted by atomic mass is 10.1. The number of ether oxygens (including phenoxy) is 1. The summed E-state index contributed by atoms with van der Waals surface area (Å²) >= 11 is 5.06. The van der Waals surface area contributed by atoms with Gasteiger partial charge in [0.25, 0.3) is 5.91 Å². The van der Waals surface area contributed by atoms with Crippen LogP contribution in [0.25, 0.3) is 0 Å². The van der Waals surface area contributed by atoms with Gasteiger partial charge >= 0.3 is 5.97 Å². The second-order valence-corrected chi connectivity index (χ2v) is 4.68. The molecule has 2 rings (SSSR count). The Bertz CT molecular complexity index is 655. The molecule has 0 bridgehead atoms. The molecule has 114 valence electrons. The van der Waals surface area contributed by atoms with Crippen molar-refractivity contribution in [1.29, 1.82) is 0 Å². The summed E-state index contributed by atoms with van der Waals surface area (Å²) in [5, 5.41) is 5.20. The molecule has 1 amide bonds. The van der Waals surface area contributed by atoms with Gasteiger partial charge in [0.05, 0.1) is 13.4 Å². The van der Waals surface area contributed by atoms with Gasteiger partial charge in [-0.1, -0.05) is 30.3 Å². The lowest BCUT2D eigenvalue weighted by Crippen LogP contribution is -2.43. The van der Waals surface area contributed by atoms with E-state index in [0.29, 0.717) is 5.56 Å². The van der Waals surface area contributed by atoms with Gasteiger partial charge in [0.2, 0.25) is 0 Å². The van der Waals surface area contributed by atoms with Gasteiger partial charge in [0.1, 0.15) is 0 Å². The summed E-state index contributed by atoms with van der Waals surface area (Å²) in [6.07, 6.45) is 1.38. The van der Waals surface area contributed by atoms with E-state index in [4.69, 9.17) is 21.4 Å². The molecule has 1 heterocycles. The van der Waals surface area contributed by atoms with Crippen molar-refractivity contribution in [3.05, 3.63) is 60.1 Å². The largest absolute Gasteiger partial charge is 0.467 e. The first kappa shape index (κ1) is 15.7. The van der Waals surface area contributed by atoms with E-state index < -0.39 is 17.9 Å². The molecule has 7 heteroatoms. The molecule has 0 radical (unpaired) electrons. The Morgan fingerprint density at radius 1 is 1.18 bits per heavy atom. The zero-order chi connectivity index (χ0) is 15.9. The molecule has 1 atom stereocenters. The number of amides is 1. The fraction of sp³-hybridized carbons (Fsp3) is 0.133. The predicted molar refractivity (Wildman–Crippen MR) is 83.1 cm³/mol. The molecule has 0 aliphatic rings. The van der Waals surface area contributed by atoms with Crippen molar-refractivity contribution in [3.8, 4) is 0 Å². The van der Waals surface area contributed by atoms with Crippen LogP contribution >= 0.6 is 12.2 Å². The van der Waals surface area contributed by atoms with E-state index in [-0.39, 0.29) is 10.9 Å². The number of methoxy groups -OCH3 is 1. The minimum Gasteiger partial charge on any atom is -0.467 e. The first-order valence-corrected chi connectivity index (χ1v) is 6.80. The van der Waals surface area contributed by atoms with Crippen LogP contribution in [0.4, 0.5) is 0 Å². The van der Waals surface area contributed by atoms with Gasteiger partial charge in [-0.25, -0.2) is 4.79 Å². The number of thiocarbonyl (C=S) groups is 1. The number of nitrogens with one attached hydrogen (secondary N) is 2. The molecule has 1 aromatic heterocycles. The monoisotopic (exact) mass is 318 g/mol. The van der Waals surface area contributed by atoms with E-state index in [1.165, 1.54) is 19.4 Å². The van der Waals surface area contributed by atoms with Crippen LogP contribution in [0.5, 0.6) is 0 Å². The number of hydrogen-bond donors (Lipinski definition) is 2. The lowest BCUT2D eigenvalue weighted by molar-refractivity contribution is -0.142. The molecule has 2 N–H and O–H groups in total. The number of furan rings is 1. The highest BCUT2D eigenvalue weighted by molar-refractivity contribution is 7.80. The number of carbonyl (C=O) groups is 2. The molecule has 0 saturated carbocycles. The Morgan fingerprint density at radius 3 is 2.50 bits per heavy atom. The van der Waals surface area contributed by atoms with Crippen LogP contribution in [-0.2, 0) is 9.53 Å². The van der Waals surface area contributed by atoms with E-state index in [1.807, 2.05) is 6.07 Å². The molecule has 0 saturated heterocycles. The number of carbonyl (C=O) groups excluding carboxylic acids is 2. The molecule has 6 nitrogen and oxygen atoms in total. The molecule has 1 aromatic carbocycles. The van der Waals surface area contributed by atoms with Crippen molar-refractivity contribution in [2.45, 2.75) is 6.04 Å². The first-order valence-electron chi connectivity index (χ1n) is 6.40. The van der Waals surface area contributed by atoms with E-state index in [0.717, 1.165) is 0 Å². The Hall–Kier alpha value is -2.67. The van der Waals surface area contributed by atoms with Crippen molar-refractivity contribution in [1.82, 2.24) is 10.6 Å². The van der Waals surface area contributed by atoms with E-state index in [1.54, 1.807) is 30.3 Å². The average molecular weight is 318 g/mol. The Balaban J connectivity index is 2.06. The Kier molecular flexibility index (Phi) is 5.26. The maximum absolute atomic E-state index is 11.9. The summed E-state index contributed by atoms with van der Waals surface area (Å²) in [6, 6.07) is 11.2. The fourth-order valence-electron chi connectivity index (χ4n) is 1.78. The molecule has 0 fully saturated rings. The summed E-state index contributed by atoms with van der Waals surface area (Å²) in [6.45, 7) is 0. The molecule has 0 spiro atoms. The number of rotatable bonds is 4. The Labute approximate surface area is 132 Å². The van der Waals surface area contributed by atoms with Crippen molar-refractivity contribution < 1.29 is 18.7 Å². The highest BCUT2D eigenvalue weighted by Crippen LogP contribution is 2.14. The minimum absolute atomic E-state index is 0.000605. The number of hydrogen-bond acceptors (Lipinski definition) is 5. The third kappa shape index (κ3) is 3.92. The smallest absolute Gasteiger partial charge is 0.333 e. The van der Waals surface area contributed by atoms with Crippen LogP contribution < -0.4 is 10.6 Å². The van der Waals surface area contributed by atoms with Gasteiger partial charge < -0.3 is 14.5 Å². The highest BCUT2D eigenvalue weighted by atomic mass is 32.1. The zero-order valence-electron chi connectivity index (χ0n) is 11.7. The van der Waals surface area contributed by atoms with Crippen molar-refractivity contribution in [2.75, 3.05) is 7.11 Å². The highest BCUT2D eigenvalue weighted by Gasteiger charge is 2.23. The van der Waals surface area contributed by atoms with Gasteiger partial charge in [-0.3, -0.25) is 10.1 Å². The molecule has 22 heavy (non-hydrogen) atoms. The zero-order valence-corrected chi connectivity index (χ0v) is 12.6. The summed E-state index contributed by atoms with van der Waals surface area (Å²) < 4.78 is 9.72. The van der Waals surface area contributed by atoms with Crippen molar-refractivity contribution in [2.24, 2.45) is 0 Å². The fourth-order valence-corrected chi connectivity index (χ4v) is 1.99. The topological polar surface area (TPSA) is 80.6 Å². The van der Waals surface area contributed by atoms with Crippen LogP contribution in [0.15, 0.2) is 53.1 Å². The first-order chi connectivity index (χ1) is 10.6. The van der Waals surface area contributed by atoms with Crippen LogP contribution in [0.3, 0.4) is 0 Å². The SMILES string of the molecule is COC(=O)C(NC(=S)NC(=O)c1ccco1)c1ccccc1. The van der Waals surface area contributed by atoms with Gasteiger partial charge in [-0.05, 0) is 29.9 Å². The molecular formula is C15H14N2O4S. The van der Waals surface area contributed by atoms with Crippen LogP contribution in [0, 0.1) is 0 Å². The van der Waals surface area contributed by atoms with Crippen LogP contribution in [-0.4, -0.2) is 24.1 Å². The molecule has 1 unspecified atom stereocenters.